The number of benzene rings is 2. The first-order valence-corrected chi connectivity index (χ1v) is 8.95. The minimum absolute atomic E-state index is 0.175. The first-order chi connectivity index (χ1) is 12.9. The van der Waals surface area contributed by atoms with Gasteiger partial charge >= 0.3 is 6.18 Å². The average molecular weight is 373 g/mol. The van der Waals surface area contributed by atoms with E-state index in [2.05, 4.69) is 5.32 Å². The summed E-state index contributed by atoms with van der Waals surface area (Å²) in [6, 6.07) is 9.63. The van der Waals surface area contributed by atoms with Crippen molar-refractivity contribution in [1.82, 2.24) is 0 Å². The molecule has 1 aliphatic carbocycles. The number of carbonyl (C=O) groups excluding carboxylic acids is 1. The fourth-order valence-electron chi connectivity index (χ4n) is 3.53. The molecule has 1 heterocycles. The molecule has 3 aromatic rings. The number of rotatable bonds is 2. The van der Waals surface area contributed by atoms with Crippen molar-refractivity contribution in [3.63, 3.8) is 0 Å². The Morgan fingerprint density at radius 1 is 0.963 bits per heavy atom. The van der Waals surface area contributed by atoms with Gasteiger partial charge in [0.1, 0.15) is 11.3 Å². The van der Waals surface area contributed by atoms with Gasteiger partial charge in [-0.15, -0.1) is 0 Å². The third kappa shape index (κ3) is 3.56. The molecule has 0 fully saturated rings. The second-order valence-corrected chi connectivity index (χ2v) is 6.80. The molecule has 0 atom stereocenters. The van der Waals surface area contributed by atoms with Gasteiger partial charge in [-0.25, -0.2) is 0 Å². The second-order valence-electron chi connectivity index (χ2n) is 6.80. The van der Waals surface area contributed by atoms with Gasteiger partial charge in [0.25, 0.3) is 5.91 Å². The maximum absolute atomic E-state index is 12.6. The van der Waals surface area contributed by atoms with Gasteiger partial charge in [-0.3, -0.25) is 4.79 Å². The summed E-state index contributed by atoms with van der Waals surface area (Å²) in [5, 5.41) is 3.76. The van der Waals surface area contributed by atoms with Gasteiger partial charge in [0.05, 0.1) is 5.56 Å². The summed E-state index contributed by atoms with van der Waals surface area (Å²) in [4.78, 5) is 12.4. The predicted molar refractivity (Wildman–Crippen MR) is 96.9 cm³/mol. The van der Waals surface area contributed by atoms with Gasteiger partial charge < -0.3 is 9.73 Å². The molecular formula is C21H18F3NO2. The third-order valence-electron chi connectivity index (χ3n) is 4.94. The van der Waals surface area contributed by atoms with Crippen molar-refractivity contribution in [1.29, 1.82) is 0 Å². The van der Waals surface area contributed by atoms with Gasteiger partial charge in [-0.05, 0) is 61.7 Å². The number of nitrogens with one attached hydrogen (secondary N) is 1. The van der Waals surface area contributed by atoms with Gasteiger partial charge in [-0.2, -0.15) is 13.2 Å². The maximum Gasteiger partial charge on any atom is 0.416 e. The molecule has 6 heteroatoms. The zero-order valence-electron chi connectivity index (χ0n) is 14.5. The number of amides is 1. The molecule has 0 unspecified atom stereocenters. The standard InChI is InChI=1S/C21H18F3NO2/c22-21(23,24)14-8-6-13(7-9-14)20(26)25-15-10-11-19-17(12-15)16-4-2-1-3-5-18(16)27-19/h6-12H,1-5H2,(H,25,26). The summed E-state index contributed by atoms with van der Waals surface area (Å²) in [6.45, 7) is 0. The Labute approximate surface area is 154 Å². The molecule has 1 N–H and O–H groups in total. The van der Waals surface area contributed by atoms with E-state index in [0.717, 1.165) is 54.5 Å². The fraction of sp³-hybridized carbons (Fsp3) is 0.286. The molecule has 0 saturated carbocycles. The van der Waals surface area contributed by atoms with Crippen molar-refractivity contribution in [3.05, 3.63) is 64.9 Å². The van der Waals surface area contributed by atoms with Crippen molar-refractivity contribution in [2.75, 3.05) is 5.32 Å². The van der Waals surface area contributed by atoms with Crippen LogP contribution in [0.1, 0.15) is 46.5 Å². The smallest absolute Gasteiger partial charge is 0.416 e. The number of hydrogen-bond acceptors (Lipinski definition) is 2. The van der Waals surface area contributed by atoms with Crippen LogP contribution in [0.25, 0.3) is 11.0 Å². The minimum atomic E-state index is -4.42. The summed E-state index contributed by atoms with van der Waals surface area (Å²) in [5.74, 6) is 0.575. The molecule has 1 aromatic heterocycles. The first-order valence-electron chi connectivity index (χ1n) is 8.95. The molecule has 0 aliphatic heterocycles. The lowest BCUT2D eigenvalue weighted by Gasteiger charge is -2.08. The van der Waals surface area contributed by atoms with Crippen LogP contribution < -0.4 is 5.32 Å². The molecule has 140 valence electrons. The lowest BCUT2D eigenvalue weighted by atomic mass is 10.1. The molecule has 0 radical (unpaired) electrons. The number of fused-ring (bicyclic) bond motifs is 3. The summed E-state index contributed by atoms with van der Waals surface area (Å²) < 4.78 is 43.9. The number of hydrogen-bond donors (Lipinski definition) is 1. The number of furan rings is 1. The van der Waals surface area contributed by atoms with E-state index in [4.69, 9.17) is 4.42 Å². The highest BCUT2D eigenvalue weighted by Crippen LogP contribution is 2.33. The normalized spacial score (nSPS) is 14.6. The highest BCUT2D eigenvalue weighted by atomic mass is 19.4. The topological polar surface area (TPSA) is 42.2 Å². The summed E-state index contributed by atoms with van der Waals surface area (Å²) in [7, 11) is 0. The van der Waals surface area contributed by atoms with E-state index in [-0.39, 0.29) is 5.56 Å². The van der Waals surface area contributed by atoms with E-state index in [0.29, 0.717) is 5.69 Å². The van der Waals surface area contributed by atoms with Crippen molar-refractivity contribution < 1.29 is 22.4 Å². The van der Waals surface area contributed by atoms with Crippen molar-refractivity contribution >= 4 is 22.6 Å². The van der Waals surface area contributed by atoms with E-state index in [1.165, 1.54) is 24.1 Å². The zero-order chi connectivity index (χ0) is 19.0. The van der Waals surface area contributed by atoms with E-state index >= 15 is 0 Å². The first kappa shape index (κ1) is 17.6. The fourth-order valence-corrected chi connectivity index (χ4v) is 3.53. The lowest BCUT2D eigenvalue weighted by Crippen LogP contribution is -2.12. The van der Waals surface area contributed by atoms with Crippen LogP contribution in [0, 0.1) is 0 Å². The van der Waals surface area contributed by atoms with E-state index in [1.54, 1.807) is 6.07 Å². The largest absolute Gasteiger partial charge is 0.461 e. The Kier molecular flexibility index (Phi) is 4.42. The van der Waals surface area contributed by atoms with Crippen LogP contribution in [-0.4, -0.2) is 5.91 Å². The molecule has 0 bridgehead atoms. The Morgan fingerprint density at radius 3 is 2.44 bits per heavy atom. The highest BCUT2D eigenvalue weighted by Gasteiger charge is 2.30. The van der Waals surface area contributed by atoms with Gasteiger partial charge in [0.2, 0.25) is 0 Å². The Bertz CT molecular complexity index is 987. The van der Waals surface area contributed by atoms with E-state index < -0.39 is 17.6 Å². The molecule has 1 aliphatic rings. The van der Waals surface area contributed by atoms with Crippen molar-refractivity contribution in [3.8, 4) is 0 Å². The van der Waals surface area contributed by atoms with E-state index in [1.807, 2.05) is 12.1 Å². The Morgan fingerprint density at radius 2 is 1.70 bits per heavy atom. The number of anilines is 1. The van der Waals surface area contributed by atoms with Crippen LogP contribution in [0.5, 0.6) is 0 Å². The Hall–Kier alpha value is -2.76. The molecule has 3 nitrogen and oxygen atoms in total. The zero-order valence-corrected chi connectivity index (χ0v) is 14.5. The molecule has 0 saturated heterocycles. The third-order valence-corrected chi connectivity index (χ3v) is 4.94. The van der Waals surface area contributed by atoms with Crippen LogP contribution >= 0.6 is 0 Å². The summed E-state index contributed by atoms with van der Waals surface area (Å²) in [6.07, 6.45) is 0.874. The van der Waals surface area contributed by atoms with Gasteiger partial charge in [0, 0.05) is 28.6 Å². The number of carbonyl (C=O) groups is 1. The van der Waals surface area contributed by atoms with Crippen molar-refractivity contribution in [2.45, 2.75) is 38.3 Å². The van der Waals surface area contributed by atoms with Crippen LogP contribution in [0.4, 0.5) is 18.9 Å². The molecule has 27 heavy (non-hydrogen) atoms. The molecule has 4 rings (SSSR count). The average Bonchev–Trinajstić information content (AvgIpc) is 2.82. The maximum atomic E-state index is 12.6. The molecule has 2 aromatic carbocycles. The van der Waals surface area contributed by atoms with Gasteiger partial charge in [0.15, 0.2) is 0 Å². The highest BCUT2D eigenvalue weighted by molar-refractivity contribution is 6.05. The summed E-state index contributed by atoms with van der Waals surface area (Å²) >= 11 is 0. The van der Waals surface area contributed by atoms with Crippen LogP contribution in [-0.2, 0) is 19.0 Å². The SMILES string of the molecule is O=C(Nc1ccc2oc3c(c2c1)CCCCC3)c1ccc(C(F)(F)F)cc1. The van der Waals surface area contributed by atoms with Crippen molar-refractivity contribution in [2.24, 2.45) is 0 Å². The molecular weight excluding hydrogens is 355 g/mol. The van der Waals surface area contributed by atoms with Crippen LogP contribution in [0.15, 0.2) is 46.9 Å². The minimum Gasteiger partial charge on any atom is -0.461 e. The second kappa shape index (κ2) is 6.76. The summed E-state index contributed by atoms with van der Waals surface area (Å²) in [5.41, 5.74) is 2.00. The molecule has 0 spiro atoms. The lowest BCUT2D eigenvalue weighted by molar-refractivity contribution is -0.137. The van der Waals surface area contributed by atoms with Crippen LogP contribution in [0.2, 0.25) is 0 Å². The van der Waals surface area contributed by atoms with Crippen LogP contribution in [0.3, 0.4) is 0 Å². The number of alkyl halides is 3. The molecule has 1 amide bonds. The number of aryl methyl sites for hydroxylation is 2. The number of halogens is 3. The monoisotopic (exact) mass is 373 g/mol. The van der Waals surface area contributed by atoms with E-state index in [9.17, 15) is 18.0 Å². The Balaban J connectivity index is 1.57. The quantitative estimate of drug-likeness (QED) is 0.562. The predicted octanol–water partition coefficient (Wildman–Crippen LogP) is 5.97. The van der Waals surface area contributed by atoms with Gasteiger partial charge in [-0.1, -0.05) is 6.42 Å².